The molecule has 0 radical (unpaired) electrons. The van der Waals surface area contributed by atoms with Crippen LogP contribution in [0.2, 0.25) is 0 Å². The second-order valence-electron chi connectivity index (χ2n) is 28.8. The summed E-state index contributed by atoms with van der Waals surface area (Å²) in [5, 5.41) is 27.2. The minimum absolute atomic E-state index is 0.0352. The fourth-order valence-electron chi connectivity index (χ4n) is 10.6. The van der Waals surface area contributed by atoms with Gasteiger partial charge in [-0.15, -0.1) is 0 Å². The van der Waals surface area contributed by atoms with E-state index in [1.54, 1.807) is 21.1 Å². The molecule has 8 atom stereocenters. The molecule has 0 saturated heterocycles. The first-order chi connectivity index (χ1) is 56.1. The highest BCUT2D eigenvalue weighted by atomic mass is 16.5. The normalized spacial score (nSPS) is 11.6. The van der Waals surface area contributed by atoms with Crippen molar-refractivity contribution in [1.29, 1.82) is 0 Å². The number of Topliss-reactive ketones (excluding diaryl/α,β-unsaturated/α-hetero) is 1. The Bertz CT molecular complexity index is 3410. The van der Waals surface area contributed by atoms with Gasteiger partial charge in [0.2, 0.25) is 0 Å². The molecule has 0 fully saturated rings. The molecule has 6 nitrogen and oxygen atoms in total. The van der Waals surface area contributed by atoms with Crippen LogP contribution in [0.15, 0.2) is 182 Å². The summed E-state index contributed by atoms with van der Waals surface area (Å²) in [6.07, 6.45) is 10.5. The van der Waals surface area contributed by atoms with Gasteiger partial charge in [-0.3, -0.25) is 4.79 Å². The lowest BCUT2D eigenvalue weighted by molar-refractivity contribution is 0.101. The van der Waals surface area contributed by atoms with E-state index in [9.17, 15) is 4.79 Å². The zero-order chi connectivity index (χ0) is 92.2. The van der Waals surface area contributed by atoms with Crippen LogP contribution < -0.4 is 9.47 Å². The van der Waals surface area contributed by atoms with E-state index in [4.69, 9.17) is 24.8 Å². The number of hydrogen-bond donors (Lipinski definition) is 3. The van der Waals surface area contributed by atoms with Crippen LogP contribution in [0, 0.1) is 13.8 Å². The first-order valence-electron chi connectivity index (χ1n) is 46.3. The van der Waals surface area contributed by atoms with Crippen LogP contribution in [0.4, 0.5) is 0 Å². The Balaban J connectivity index is -0.000000189. The number of carbonyl (C=O) groups excluding carboxylic acids is 1. The zero-order valence-electron chi connectivity index (χ0n) is 84.0. The van der Waals surface area contributed by atoms with E-state index >= 15 is 0 Å². The van der Waals surface area contributed by atoms with Gasteiger partial charge >= 0.3 is 0 Å². The second kappa shape index (κ2) is 82.6. The lowest BCUT2D eigenvalue weighted by Gasteiger charge is -2.21. The highest BCUT2D eigenvalue weighted by Crippen LogP contribution is 2.30. The molecule has 8 rings (SSSR count). The van der Waals surface area contributed by atoms with Gasteiger partial charge in [-0.05, 0) is 234 Å². The molecular weight excluding hydrogens is 1430 g/mol. The smallest absolute Gasteiger partial charge is 0.159 e. The molecule has 0 bridgehead atoms. The Kier molecular flexibility index (Phi) is 88.6. The van der Waals surface area contributed by atoms with Gasteiger partial charge in [-0.2, -0.15) is 0 Å². The van der Waals surface area contributed by atoms with Gasteiger partial charge in [-0.25, -0.2) is 0 Å². The fourth-order valence-corrected chi connectivity index (χ4v) is 10.6. The van der Waals surface area contributed by atoms with Crippen LogP contribution >= 0.6 is 0 Å². The van der Waals surface area contributed by atoms with Gasteiger partial charge in [0.1, 0.15) is 11.5 Å². The van der Waals surface area contributed by atoms with Crippen molar-refractivity contribution in [2.75, 3.05) is 14.2 Å². The molecule has 0 amide bonds. The molecule has 0 aromatic heterocycles. The monoisotopic (exact) mass is 1620 g/mol. The Morgan fingerprint density at radius 2 is 0.624 bits per heavy atom. The van der Waals surface area contributed by atoms with Crippen molar-refractivity contribution in [1.82, 2.24) is 0 Å². The number of carbonyl (C=O) groups is 1. The molecule has 3 N–H and O–H groups in total. The van der Waals surface area contributed by atoms with E-state index < -0.39 is 0 Å². The topological polar surface area (TPSA) is 96.2 Å². The average Bonchev–Trinajstić information content (AvgIpc) is 0.839. The average molecular weight is 1620 g/mol. The molecule has 0 aliphatic rings. The Labute approximate surface area is 728 Å². The maximum atomic E-state index is 11.1. The predicted molar refractivity (Wildman–Crippen MR) is 530 cm³/mol. The van der Waals surface area contributed by atoms with Crippen LogP contribution in [-0.2, 0) is 31.7 Å². The Hall–Kier alpha value is -7.09. The lowest BCUT2D eigenvalue weighted by atomic mass is 9.84. The van der Waals surface area contributed by atoms with E-state index in [1.165, 1.54) is 92.4 Å². The number of aliphatic hydroxyl groups excluding tert-OH is 3. The molecule has 6 heteroatoms. The van der Waals surface area contributed by atoms with Gasteiger partial charge in [-0.1, -0.05) is 406 Å². The number of ketones is 1. The summed E-state index contributed by atoms with van der Waals surface area (Å²) in [6.45, 7) is 82.6. The van der Waals surface area contributed by atoms with Crippen molar-refractivity contribution in [2.24, 2.45) is 0 Å². The second-order valence-corrected chi connectivity index (χ2v) is 28.8. The third kappa shape index (κ3) is 56.1. The van der Waals surface area contributed by atoms with Gasteiger partial charge in [0, 0.05) is 11.1 Å². The van der Waals surface area contributed by atoms with Crippen molar-refractivity contribution in [2.45, 2.75) is 400 Å². The SMILES string of the molecule is CC.CC.CC.CC.CC.CC.CC.CC.CCC(C)c1ccc(C)c(CO)c1.CCC(C)c1ccc(C)cc1.CCC(C)c1ccc(OC)c(CO)c1.CCC(C)c1ccc(OC)cc1.CCC(C)c1cccc(C(C)(C)C)c1.CCC(C)c1cccc(C(C)=O)c1.CCC(C)c1cccc(CO)c1.CCc1cccc(C(C)CC)c1. The maximum Gasteiger partial charge on any atom is 0.159 e. The van der Waals surface area contributed by atoms with Crippen molar-refractivity contribution < 1.29 is 29.6 Å². The maximum absolute atomic E-state index is 11.1. The molecule has 8 aromatic carbocycles. The summed E-state index contributed by atoms with van der Waals surface area (Å²) in [7, 11) is 3.32. The molecule has 0 aliphatic heterocycles. The molecule has 668 valence electrons. The highest BCUT2D eigenvalue weighted by Gasteiger charge is 2.15. The molecule has 8 unspecified atom stereocenters. The van der Waals surface area contributed by atoms with Crippen molar-refractivity contribution >= 4 is 5.78 Å². The minimum Gasteiger partial charge on any atom is -0.497 e. The molecule has 117 heavy (non-hydrogen) atoms. The number of methoxy groups -OCH3 is 2. The largest absolute Gasteiger partial charge is 0.497 e. The van der Waals surface area contributed by atoms with E-state index in [0.29, 0.717) is 47.3 Å². The van der Waals surface area contributed by atoms with Crippen LogP contribution in [0.3, 0.4) is 0 Å². The van der Waals surface area contributed by atoms with Crippen molar-refractivity contribution in [3.05, 3.63) is 271 Å². The van der Waals surface area contributed by atoms with E-state index in [1.807, 2.05) is 172 Å². The Morgan fingerprint density at radius 1 is 0.325 bits per heavy atom. The lowest BCUT2D eigenvalue weighted by Crippen LogP contribution is -2.11. The van der Waals surface area contributed by atoms with Gasteiger partial charge < -0.3 is 24.8 Å². The number of aryl methyl sites for hydroxylation is 3. The van der Waals surface area contributed by atoms with E-state index in [-0.39, 0.29) is 31.0 Å². The third-order valence-electron chi connectivity index (χ3n) is 20.2. The number of hydrogen-bond acceptors (Lipinski definition) is 6. The molecular formula is C111H188O6. The fraction of sp³-hybridized carbons (Fsp3) is 0.559. The predicted octanol–water partition coefficient (Wildman–Crippen LogP) is 35.0. The Morgan fingerprint density at radius 3 is 0.957 bits per heavy atom. The van der Waals surface area contributed by atoms with Crippen LogP contribution in [0.25, 0.3) is 0 Å². The quantitative estimate of drug-likeness (QED) is 0.0552. The van der Waals surface area contributed by atoms with Crippen LogP contribution in [0.5, 0.6) is 11.5 Å². The summed E-state index contributed by atoms with van der Waals surface area (Å²) < 4.78 is 10.2. The number of aliphatic hydroxyl groups is 3. The summed E-state index contributed by atoms with van der Waals surface area (Å²) in [6, 6.07) is 63.5. The van der Waals surface area contributed by atoms with Gasteiger partial charge in [0.25, 0.3) is 0 Å². The molecule has 0 saturated carbocycles. The first kappa shape index (κ1) is 126. The summed E-state index contributed by atoms with van der Waals surface area (Å²) in [5.74, 6) is 6.83. The zero-order valence-corrected chi connectivity index (χ0v) is 84.0. The molecule has 0 spiro atoms. The standard InChI is InChI=1S/C14H22.C12H18O2.C12H18O.C12H16O.C12H18.2C11H16O.C11H16.8C2H6/c1-6-11(2)12-8-7-9-13(10-12)14(3,4)5;1-4-9(2)10-5-6-12(14-3)11(7-10)8-13;1-4-9(2)11-6-5-10(3)12(7-11)8-13;1-4-9(2)11-6-5-7-12(8-11)10(3)13;1-4-10(3)12-8-6-7-11(5-2)9-12;1-4-9(2)10-5-7-11(12-3)8-6-10;1-3-9(2)11-6-4-5-10(7-11)8-12;1-4-10(3)11-7-5-9(2)6-8-11;8*1-2/h7-11H,6H2,1-5H3;5-7,9,13H,4,8H2,1-3H3;5-7,9,13H,4,8H2,1-3H3;5-9H,4H2,1-3H3;6-10H,4-5H2,1-3H3;5-9H,4H2,1-3H3;4-7,9,12H,3,8H2,1-2H3;5-8,10H,4H2,1-3H3;8*1-2H3. The van der Waals surface area contributed by atoms with Gasteiger partial charge in [0.15, 0.2) is 5.78 Å². The molecule has 8 aromatic rings. The van der Waals surface area contributed by atoms with Gasteiger partial charge in [0.05, 0.1) is 34.0 Å². The molecule has 0 aliphatic carbocycles. The van der Waals surface area contributed by atoms with Crippen molar-refractivity contribution in [3.8, 4) is 11.5 Å². The summed E-state index contributed by atoms with van der Waals surface area (Å²) in [4.78, 5) is 11.1. The van der Waals surface area contributed by atoms with Crippen LogP contribution in [-0.4, -0.2) is 35.3 Å². The van der Waals surface area contributed by atoms with E-state index in [0.717, 1.165) is 65.9 Å². The number of benzene rings is 8. The number of ether oxygens (including phenoxy) is 2. The highest BCUT2D eigenvalue weighted by molar-refractivity contribution is 5.94. The minimum atomic E-state index is 0.0352. The van der Waals surface area contributed by atoms with E-state index in [2.05, 4.69) is 273 Å². The third-order valence-corrected chi connectivity index (χ3v) is 20.2. The summed E-state index contributed by atoms with van der Waals surface area (Å²) in [5.41, 5.74) is 20.4. The first-order valence-corrected chi connectivity index (χ1v) is 46.3. The summed E-state index contributed by atoms with van der Waals surface area (Å²) >= 11 is 0. The molecule has 0 heterocycles. The number of rotatable bonds is 23. The van der Waals surface area contributed by atoms with Crippen molar-refractivity contribution in [3.63, 3.8) is 0 Å². The van der Waals surface area contributed by atoms with Crippen LogP contribution in [0.1, 0.15) is 449 Å².